The largest absolute Gasteiger partial charge is 0.509 e. The highest BCUT2D eigenvalue weighted by atomic mass is 16.3. The van der Waals surface area contributed by atoms with Crippen LogP contribution in [0.1, 0.15) is 52.4 Å². The minimum atomic E-state index is -1.18. The molecule has 2 N–H and O–H groups in total. The highest BCUT2D eigenvalue weighted by molar-refractivity contribution is 6.24. The van der Waals surface area contributed by atoms with Crippen molar-refractivity contribution in [3.05, 3.63) is 23.5 Å². The van der Waals surface area contributed by atoms with Crippen LogP contribution in [0, 0.1) is 0 Å². The molecular weight excluding hydrogens is 298 g/mol. The van der Waals surface area contributed by atoms with Crippen LogP contribution >= 0.6 is 0 Å². The van der Waals surface area contributed by atoms with Crippen LogP contribution < -0.4 is 0 Å². The molecule has 1 heterocycles. The van der Waals surface area contributed by atoms with Gasteiger partial charge in [0, 0.05) is 0 Å². The molecule has 0 aromatic rings. The summed E-state index contributed by atoms with van der Waals surface area (Å²) in [6.45, 7) is 2.66. The predicted molar refractivity (Wildman–Crippen MR) is 85.6 cm³/mol. The summed E-state index contributed by atoms with van der Waals surface area (Å²) in [5, 5.41) is 19.2. The first-order chi connectivity index (χ1) is 11.0. The van der Waals surface area contributed by atoms with Gasteiger partial charge >= 0.3 is 0 Å². The Morgan fingerprint density at radius 1 is 1.22 bits per heavy atom. The van der Waals surface area contributed by atoms with Crippen molar-refractivity contribution in [2.24, 2.45) is 0 Å². The van der Waals surface area contributed by atoms with Gasteiger partial charge < -0.3 is 10.2 Å². The van der Waals surface area contributed by atoms with E-state index in [1.807, 2.05) is 0 Å². The molecule has 0 saturated carbocycles. The first-order valence-electron chi connectivity index (χ1n) is 8.04. The van der Waals surface area contributed by atoms with Crippen LogP contribution in [0.5, 0.6) is 0 Å². The molecule has 0 fully saturated rings. The summed E-state index contributed by atoms with van der Waals surface area (Å²) >= 11 is 0. The van der Waals surface area contributed by atoms with Gasteiger partial charge in [0.15, 0.2) is 5.78 Å². The van der Waals surface area contributed by atoms with Gasteiger partial charge in [-0.3, -0.25) is 19.3 Å². The zero-order valence-corrected chi connectivity index (χ0v) is 13.7. The van der Waals surface area contributed by atoms with Gasteiger partial charge in [-0.2, -0.15) is 0 Å². The van der Waals surface area contributed by atoms with Crippen molar-refractivity contribution in [2.45, 2.75) is 58.4 Å². The van der Waals surface area contributed by atoms with Crippen molar-refractivity contribution in [2.75, 3.05) is 6.61 Å². The highest BCUT2D eigenvalue weighted by Gasteiger charge is 2.43. The second kappa shape index (κ2) is 9.25. The van der Waals surface area contributed by atoms with Gasteiger partial charge in [-0.15, -0.1) is 0 Å². The molecule has 0 aliphatic carbocycles. The Bertz CT molecular complexity index is 521. The lowest BCUT2D eigenvalue weighted by atomic mass is 10.1. The predicted octanol–water partition coefficient (Wildman–Crippen LogP) is 2.03. The SMILES string of the molecule is CCCCCCC/C=C/C(=O)N1C(=O)C(C(C)=O)=C(O)C1CO. The lowest BCUT2D eigenvalue weighted by Crippen LogP contribution is -2.42. The molecule has 0 saturated heterocycles. The fraction of sp³-hybridized carbons (Fsp3) is 0.588. The smallest absolute Gasteiger partial charge is 0.268 e. The van der Waals surface area contributed by atoms with E-state index in [-0.39, 0.29) is 0 Å². The minimum absolute atomic E-state index is 0.426. The number of aliphatic hydroxyl groups is 2. The van der Waals surface area contributed by atoms with E-state index in [2.05, 4.69) is 6.92 Å². The van der Waals surface area contributed by atoms with Crippen LogP contribution in [0.2, 0.25) is 0 Å². The molecular formula is C17H25NO5. The molecule has 0 spiro atoms. The molecule has 1 aliphatic rings. The monoisotopic (exact) mass is 323 g/mol. The number of hydrogen-bond donors (Lipinski definition) is 2. The van der Waals surface area contributed by atoms with Crippen LogP contribution in [-0.4, -0.2) is 45.4 Å². The molecule has 0 aromatic heterocycles. The number of aliphatic hydroxyl groups excluding tert-OH is 2. The number of allylic oxidation sites excluding steroid dienone is 1. The Morgan fingerprint density at radius 3 is 2.43 bits per heavy atom. The standard InChI is InChI=1S/C17H25NO5/c1-3-4-5-6-7-8-9-10-14(21)18-13(11-19)16(22)15(12(2)20)17(18)23/h9-10,13,19,22H,3-8,11H2,1-2H3/b10-9+. The summed E-state index contributed by atoms with van der Waals surface area (Å²) in [6.07, 6.45) is 9.24. The molecule has 0 aromatic carbocycles. The lowest BCUT2D eigenvalue weighted by molar-refractivity contribution is -0.141. The molecule has 0 bridgehead atoms. The maximum absolute atomic E-state index is 12.1. The van der Waals surface area contributed by atoms with E-state index < -0.39 is 41.6 Å². The summed E-state index contributed by atoms with van der Waals surface area (Å²) in [4.78, 5) is 36.4. The van der Waals surface area contributed by atoms with E-state index in [4.69, 9.17) is 0 Å². The number of rotatable bonds is 9. The number of amides is 2. The third kappa shape index (κ3) is 4.76. The number of imide groups is 1. The third-order valence-electron chi connectivity index (χ3n) is 3.81. The topological polar surface area (TPSA) is 94.9 Å². The van der Waals surface area contributed by atoms with E-state index >= 15 is 0 Å². The van der Waals surface area contributed by atoms with Crippen molar-refractivity contribution < 1.29 is 24.6 Å². The summed E-state index contributed by atoms with van der Waals surface area (Å²) in [5.41, 5.74) is -0.426. The first-order valence-corrected chi connectivity index (χ1v) is 8.04. The fourth-order valence-corrected chi connectivity index (χ4v) is 2.54. The number of carbonyl (C=O) groups is 3. The van der Waals surface area contributed by atoms with Crippen LogP contribution in [0.15, 0.2) is 23.5 Å². The Hall–Kier alpha value is -1.95. The van der Waals surface area contributed by atoms with Gasteiger partial charge in [-0.1, -0.05) is 38.7 Å². The zero-order valence-electron chi connectivity index (χ0n) is 13.7. The van der Waals surface area contributed by atoms with Crippen molar-refractivity contribution >= 4 is 17.6 Å². The van der Waals surface area contributed by atoms with E-state index in [9.17, 15) is 24.6 Å². The van der Waals surface area contributed by atoms with Crippen molar-refractivity contribution in [3.63, 3.8) is 0 Å². The molecule has 6 heteroatoms. The second-order valence-electron chi connectivity index (χ2n) is 5.63. The van der Waals surface area contributed by atoms with E-state index in [1.54, 1.807) is 6.08 Å². The molecule has 23 heavy (non-hydrogen) atoms. The van der Waals surface area contributed by atoms with E-state index in [0.29, 0.717) is 0 Å². The Morgan fingerprint density at radius 2 is 1.87 bits per heavy atom. The minimum Gasteiger partial charge on any atom is -0.509 e. The molecule has 2 amide bonds. The summed E-state index contributed by atoms with van der Waals surface area (Å²) in [7, 11) is 0. The summed E-state index contributed by atoms with van der Waals surface area (Å²) < 4.78 is 0. The summed E-state index contributed by atoms with van der Waals surface area (Å²) in [5.74, 6) is -2.65. The number of Topliss-reactive ketones (excluding diaryl/α,β-unsaturated/α-hetero) is 1. The van der Waals surface area contributed by atoms with Crippen LogP contribution in [-0.2, 0) is 14.4 Å². The number of hydrogen-bond acceptors (Lipinski definition) is 5. The Kier molecular flexibility index (Phi) is 7.68. The number of nitrogens with zero attached hydrogens (tertiary/aromatic N) is 1. The average molecular weight is 323 g/mol. The quantitative estimate of drug-likeness (QED) is 0.384. The maximum Gasteiger partial charge on any atom is 0.268 e. The highest BCUT2D eigenvalue weighted by Crippen LogP contribution is 2.25. The lowest BCUT2D eigenvalue weighted by Gasteiger charge is -2.20. The average Bonchev–Trinajstić information content (AvgIpc) is 2.76. The van der Waals surface area contributed by atoms with E-state index in [0.717, 1.165) is 37.5 Å². The molecule has 1 rings (SSSR count). The van der Waals surface area contributed by atoms with Crippen molar-refractivity contribution in [1.29, 1.82) is 0 Å². The van der Waals surface area contributed by atoms with Crippen LogP contribution in [0.3, 0.4) is 0 Å². The maximum atomic E-state index is 12.1. The van der Waals surface area contributed by atoms with Crippen LogP contribution in [0.4, 0.5) is 0 Å². The summed E-state index contributed by atoms with van der Waals surface area (Å²) in [6, 6.07) is -1.18. The van der Waals surface area contributed by atoms with Crippen molar-refractivity contribution in [1.82, 2.24) is 4.90 Å². The van der Waals surface area contributed by atoms with Gasteiger partial charge in [-0.05, 0) is 25.8 Å². The van der Waals surface area contributed by atoms with Crippen molar-refractivity contribution in [3.8, 4) is 0 Å². The van der Waals surface area contributed by atoms with E-state index in [1.165, 1.54) is 18.9 Å². The molecule has 6 nitrogen and oxygen atoms in total. The fourth-order valence-electron chi connectivity index (χ4n) is 2.54. The Balaban J connectivity index is 2.62. The zero-order chi connectivity index (χ0) is 17.4. The molecule has 1 unspecified atom stereocenters. The number of ketones is 1. The number of carbonyl (C=O) groups excluding carboxylic acids is 3. The van der Waals surface area contributed by atoms with Gasteiger partial charge in [0.2, 0.25) is 0 Å². The molecule has 128 valence electrons. The normalized spacial score (nSPS) is 18.3. The molecule has 0 radical (unpaired) electrons. The Labute approximate surface area is 136 Å². The van der Waals surface area contributed by atoms with Gasteiger partial charge in [0.25, 0.3) is 11.8 Å². The first kappa shape index (κ1) is 19.1. The molecule has 1 aliphatic heterocycles. The second-order valence-corrected chi connectivity index (χ2v) is 5.63. The van der Waals surface area contributed by atoms with Gasteiger partial charge in [0.1, 0.15) is 17.4 Å². The van der Waals surface area contributed by atoms with Gasteiger partial charge in [-0.25, -0.2) is 0 Å². The molecule has 1 atom stereocenters. The third-order valence-corrected chi connectivity index (χ3v) is 3.81. The number of unbranched alkanes of at least 4 members (excludes halogenated alkanes) is 5. The van der Waals surface area contributed by atoms with Gasteiger partial charge in [0.05, 0.1) is 6.61 Å². The van der Waals surface area contributed by atoms with Crippen LogP contribution in [0.25, 0.3) is 0 Å².